The van der Waals surface area contributed by atoms with Crippen LogP contribution in [0.2, 0.25) is 0 Å². The number of methoxy groups -OCH3 is 1. The molecule has 1 aromatic heterocycles. The van der Waals surface area contributed by atoms with Gasteiger partial charge in [0.05, 0.1) is 17.7 Å². The lowest BCUT2D eigenvalue weighted by Crippen LogP contribution is -2.08. The molecule has 5 nitrogen and oxygen atoms in total. The SMILES string of the molecule is COc1cccc(C=CC(=O)c2sc(C(N)=S)nc2C)c1O. The third-order valence-corrected chi connectivity index (χ3v) is 4.42. The smallest absolute Gasteiger partial charge is 0.197 e. The zero-order valence-electron chi connectivity index (χ0n) is 12.0. The highest BCUT2D eigenvalue weighted by Crippen LogP contribution is 2.30. The number of aromatic nitrogens is 1. The molecule has 114 valence electrons. The van der Waals surface area contributed by atoms with Gasteiger partial charge in [0.1, 0.15) is 4.99 Å². The van der Waals surface area contributed by atoms with E-state index in [9.17, 15) is 9.90 Å². The predicted molar refractivity (Wildman–Crippen MR) is 90.8 cm³/mol. The first-order valence-corrected chi connectivity index (χ1v) is 7.52. The molecule has 0 saturated heterocycles. The maximum absolute atomic E-state index is 12.2. The largest absolute Gasteiger partial charge is 0.504 e. The van der Waals surface area contributed by atoms with Crippen LogP contribution < -0.4 is 10.5 Å². The zero-order chi connectivity index (χ0) is 16.3. The summed E-state index contributed by atoms with van der Waals surface area (Å²) in [7, 11) is 1.46. The fourth-order valence-electron chi connectivity index (χ4n) is 1.81. The van der Waals surface area contributed by atoms with Crippen LogP contribution in [-0.4, -0.2) is 28.0 Å². The number of hydrogen-bond donors (Lipinski definition) is 2. The van der Waals surface area contributed by atoms with Gasteiger partial charge in [0, 0.05) is 5.56 Å². The van der Waals surface area contributed by atoms with Gasteiger partial charge >= 0.3 is 0 Å². The Hall–Kier alpha value is -2.25. The van der Waals surface area contributed by atoms with Crippen molar-refractivity contribution in [1.29, 1.82) is 0 Å². The van der Waals surface area contributed by atoms with Crippen molar-refractivity contribution in [3.05, 3.63) is 45.4 Å². The molecule has 0 saturated carbocycles. The first kappa shape index (κ1) is 16.1. The third kappa shape index (κ3) is 3.32. The van der Waals surface area contributed by atoms with Crippen LogP contribution in [-0.2, 0) is 0 Å². The first-order chi connectivity index (χ1) is 10.4. The number of thiocarbonyl (C=S) groups is 1. The number of phenolic OH excluding ortho intramolecular Hbond substituents is 1. The van der Waals surface area contributed by atoms with Gasteiger partial charge in [-0.05, 0) is 25.1 Å². The standard InChI is InChI=1S/C15H14N2O3S2/c1-8-13(22-15(17-8)14(16)21)10(18)7-6-9-4-3-5-11(20-2)12(9)19/h3-7,19H,1-2H3,(H2,16,21). The van der Waals surface area contributed by atoms with E-state index < -0.39 is 0 Å². The second-order valence-corrected chi connectivity index (χ2v) is 5.83. The molecule has 22 heavy (non-hydrogen) atoms. The molecular weight excluding hydrogens is 320 g/mol. The van der Waals surface area contributed by atoms with Crippen LogP contribution in [0.1, 0.15) is 25.9 Å². The Balaban J connectivity index is 2.27. The minimum atomic E-state index is -0.222. The lowest BCUT2D eigenvalue weighted by Gasteiger charge is -2.04. The number of nitrogens with two attached hydrogens (primary N) is 1. The summed E-state index contributed by atoms with van der Waals surface area (Å²) in [5, 5.41) is 10.4. The fraction of sp³-hybridized carbons (Fsp3) is 0.133. The van der Waals surface area contributed by atoms with E-state index in [1.54, 1.807) is 25.1 Å². The summed E-state index contributed by atoms with van der Waals surface area (Å²) in [4.78, 5) is 17.0. The molecule has 0 aliphatic heterocycles. The van der Waals surface area contributed by atoms with Crippen molar-refractivity contribution in [3.8, 4) is 11.5 Å². The lowest BCUT2D eigenvalue weighted by atomic mass is 10.1. The molecule has 0 spiro atoms. The molecule has 2 rings (SSSR count). The highest BCUT2D eigenvalue weighted by molar-refractivity contribution is 7.81. The van der Waals surface area contributed by atoms with Crippen LogP contribution in [0, 0.1) is 6.92 Å². The fourth-order valence-corrected chi connectivity index (χ4v) is 2.82. The number of nitrogens with zero attached hydrogens (tertiary/aromatic N) is 1. The van der Waals surface area contributed by atoms with Gasteiger partial charge in [-0.25, -0.2) is 4.98 Å². The van der Waals surface area contributed by atoms with Crippen molar-refractivity contribution in [2.75, 3.05) is 7.11 Å². The van der Waals surface area contributed by atoms with Crippen molar-refractivity contribution < 1.29 is 14.6 Å². The van der Waals surface area contributed by atoms with E-state index in [2.05, 4.69) is 4.98 Å². The van der Waals surface area contributed by atoms with Crippen molar-refractivity contribution in [2.24, 2.45) is 5.73 Å². The maximum atomic E-state index is 12.2. The maximum Gasteiger partial charge on any atom is 0.197 e. The van der Waals surface area contributed by atoms with Gasteiger partial charge < -0.3 is 15.6 Å². The van der Waals surface area contributed by atoms with Gasteiger partial charge in [0.15, 0.2) is 22.3 Å². The average molecular weight is 334 g/mol. The Labute approximate surface area is 137 Å². The molecule has 0 amide bonds. The number of para-hydroxylation sites is 1. The van der Waals surface area contributed by atoms with E-state index in [0.717, 1.165) is 11.3 Å². The van der Waals surface area contributed by atoms with E-state index >= 15 is 0 Å². The Kier molecular flexibility index (Phi) is 4.89. The Morgan fingerprint density at radius 1 is 1.50 bits per heavy atom. The molecule has 7 heteroatoms. The number of rotatable bonds is 5. The highest BCUT2D eigenvalue weighted by atomic mass is 32.1. The topological polar surface area (TPSA) is 85.4 Å². The van der Waals surface area contributed by atoms with Crippen molar-refractivity contribution >= 4 is 40.4 Å². The normalized spacial score (nSPS) is 10.8. The predicted octanol–water partition coefficient (Wildman–Crippen LogP) is 2.70. The van der Waals surface area contributed by atoms with Gasteiger partial charge in [0.2, 0.25) is 0 Å². The number of carbonyl (C=O) groups excluding carboxylic acids is 1. The summed E-state index contributed by atoms with van der Waals surface area (Å²) in [5.41, 5.74) is 6.59. The van der Waals surface area contributed by atoms with Crippen molar-refractivity contribution in [1.82, 2.24) is 4.98 Å². The average Bonchev–Trinajstić information content (AvgIpc) is 2.88. The summed E-state index contributed by atoms with van der Waals surface area (Å²) in [6, 6.07) is 5.05. The molecule has 0 fully saturated rings. The van der Waals surface area contributed by atoms with Crippen molar-refractivity contribution in [2.45, 2.75) is 6.92 Å². The number of benzene rings is 1. The minimum absolute atomic E-state index is 0.0149. The third-order valence-electron chi connectivity index (χ3n) is 2.90. The molecule has 0 radical (unpaired) electrons. The molecule has 3 N–H and O–H groups in total. The summed E-state index contributed by atoms with van der Waals surface area (Å²) in [6.45, 7) is 1.72. The summed E-state index contributed by atoms with van der Waals surface area (Å²) >= 11 is 6.01. The van der Waals surface area contributed by atoms with Gasteiger partial charge in [-0.2, -0.15) is 0 Å². The van der Waals surface area contributed by atoms with Crippen LogP contribution >= 0.6 is 23.6 Å². The van der Waals surface area contributed by atoms with E-state index in [-0.39, 0.29) is 16.5 Å². The number of ketones is 1. The number of aryl methyl sites for hydroxylation is 1. The van der Waals surface area contributed by atoms with Gasteiger partial charge in [-0.3, -0.25) is 4.79 Å². The molecule has 1 aromatic carbocycles. The first-order valence-electron chi connectivity index (χ1n) is 6.29. The van der Waals surface area contributed by atoms with Crippen LogP contribution in [0.25, 0.3) is 6.08 Å². The second-order valence-electron chi connectivity index (χ2n) is 4.39. The summed E-state index contributed by atoms with van der Waals surface area (Å²) < 4.78 is 5.02. The van der Waals surface area contributed by atoms with E-state index in [1.165, 1.54) is 19.3 Å². The van der Waals surface area contributed by atoms with Gasteiger partial charge in [-0.1, -0.05) is 24.4 Å². The molecular formula is C15H14N2O3S2. The number of carbonyl (C=O) groups is 1. The number of ether oxygens (including phenoxy) is 1. The molecule has 0 atom stereocenters. The summed E-state index contributed by atoms with van der Waals surface area (Å²) in [6.07, 6.45) is 2.90. The van der Waals surface area contributed by atoms with Crippen LogP contribution in [0.4, 0.5) is 0 Å². The summed E-state index contributed by atoms with van der Waals surface area (Å²) in [5.74, 6) is 0.109. The number of aromatic hydroxyl groups is 1. The molecule has 2 aromatic rings. The van der Waals surface area contributed by atoms with E-state index in [1.807, 2.05) is 0 Å². The monoisotopic (exact) mass is 334 g/mol. The van der Waals surface area contributed by atoms with Crippen LogP contribution in [0.3, 0.4) is 0 Å². The number of thiazole rings is 1. The number of hydrogen-bond acceptors (Lipinski definition) is 6. The van der Waals surface area contributed by atoms with Crippen LogP contribution in [0.5, 0.6) is 11.5 Å². The molecule has 0 aliphatic rings. The molecule has 1 heterocycles. The van der Waals surface area contributed by atoms with E-state index in [4.69, 9.17) is 22.7 Å². The Bertz CT molecular complexity index is 766. The van der Waals surface area contributed by atoms with Crippen LogP contribution in [0.15, 0.2) is 24.3 Å². The van der Waals surface area contributed by atoms with Crippen molar-refractivity contribution in [3.63, 3.8) is 0 Å². The lowest BCUT2D eigenvalue weighted by molar-refractivity contribution is 0.105. The highest BCUT2D eigenvalue weighted by Gasteiger charge is 2.14. The van der Waals surface area contributed by atoms with Gasteiger partial charge in [-0.15, -0.1) is 11.3 Å². The second kappa shape index (κ2) is 6.67. The Morgan fingerprint density at radius 3 is 2.82 bits per heavy atom. The molecule has 0 unspecified atom stereocenters. The minimum Gasteiger partial charge on any atom is -0.504 e. The van der Waals surface area contributed by atoms with Gasteiger partial charge in [0.25, 0.3) is 0 Å². The van der Waals surface area contributed by atoms with E-state index in [0.29, 0.717) is 26.9 Å². The number of phenols is 1. The zero-order valence-corrected chi connectivity index (χ0v) is 13.6. The molecule has 0 bridgehead atoms. The Morgan fingerprint density at radius 2 is 2.23 bits per heavy atom. The quantitative estimate of drug-likeness (QED) is 0.497. The molecule has 0 aliphatic carbocycles. The number of allylic oxidation sites excluding steroid dienone is 1.